The normalized spacial score (nSPS) is 18.3. The molecule has 0 N–H and O–H groups in total. The van der Waals surface area contributed by atoms with Crippen molar-refractivity contribution < 1.29 is 14.2 Å². The van der Waals surface area contributed by atoms with E-state index in [1.165, 1.54) is 5.56 Å². The zero-order chi connectivity index (χ0) is 20.1. The molecule has 2 aliphatic rings. The summed E-state index contributed by atoms with van der Waals surface area (Å²) in [5.74, 6) is 0.928. The quantitative estimate of drug-likeness (QED) is 0.683. The van der Waals surface area contributed by atoms with Crippen LogP contribution in [0.15, 0.2) is 42.5 Å². The Kier molecular flexibility index (Phi) is 7.06. The van der Waals surface area contributed by atoms with E-state index in [4.69, 9.17) is 25.8 Å². The highest BCUT2D eigenvalue weighted by Gasteiger charge is 2.23. The van der Waals surface area contributed by atoms with E-state index in [-0.39, 0.29) is 0 Å². The summed E-state index contributed by atoms with van der Waals surface area (Å²) in [5, 5.41) is 0.730. The van der Waals surface area contributed by atoms with Crippen LogP contribution in [0.1, 0.15) is 23.6 Å². The first-order chi connectivity index (χ1) is 14.2. The Morgan fingerprint density at radius 2 is 1.86 bits per heavy atom. The maximum Gasteiger partial charge on any atom is 0.189 e. The number of morpholine rings is 1. The van der Waals surface area contributed by atoms with Gasteiger partial charge in [0.15, 0.2) is 6.79 Å². The van der Waals surface area contributed by atoms with Crippen molar-refractivity contribution in [3.05, 3.63) is 64.2 Å². The van der Waals surface area contributed by atoms with Crippen LogP contribution in [0.25, 0.3) is 0 Å². The van der Waals surface area contributed by atoms with Crippen LogP contribution >= 0.6 is 11.6 Å². The molecule has 2 aromatic rings. The van der Waals surface area contributed by atoms with Crippen molar-refractivity contribution in [2.45, 2.75) is 32.7 Å². The van der Waals surface area contributed by atoms with E-state index < -0.39 is 0 Å². The summed E-state index contributed by atoms with van der Waals surface area (Å²) in [7, 11) is 0. The summed E-state index contributed by atoms with van der Waals surface area (Å²) in [5.41, 5.74) is 3.46. The fraction of sp³-hybridized carbons (Fsp3) is 0.478. The first kappa shape index (κ1) is 20.6. The molecule has 1 saturated heterocycles. The van der Waals surface area contributed by atoms with E-state index in [0.717, 1.165) is 67.8 Å². The number of hydrogen-bond donors (Lipinski definition) is 0. The second-order valence-corrected chi connectivity index (χ2v) is 8.25. The highest BCUT2D eigenvalue weighted by molar-refractivity contribution is 6.30. The molecule has 1 unspecified atom stereocenters. The third-order valence-corrected chi connectivity index (χ3v) is 5.82. The number of benzene rings is 2. The van der Waals surface area contributed by atoms with Crippen LogP contribution in [0, 0.1) is 0 Å². The molecule has 1 atom stereocenters. The van der Waals surface area contributed by atoms with Crippen LogP contribution in [0.2, 0.25) is 5.02 Å². The highest BCUT2D eigenvalue weighted by Crippen LogP contribution is 2.33. The van der Waals surface area contributed by atoms with Crippen LogP contribution in [-0.2, 0) is 29.2 Å². The predicted molar refractivity (Wildman–Crippen MR) is 114 cm³/mol. The smallest absolute Gasteiger partial charge is 0.189 e. The van der Waals surface area contributed by atoms with Gasteiger partial charge in [-0.15, -0.1) is 0 Å². The molecule has 4 rings (SSSR count). The van der Waals surface area contributed by atoms with Crippen molar-refractivity contribution in [2.75, 3.05) is 39.6 Å². The lowest BCUT2D eigenvalue weighted by atomic mass is 10.1. The summed E-state index contributed by atoms with van der Waals surface area (Å²) in [4.78, 5) is 5.00. The number of rotatable bonds is 7. The second kappa shape index (κ2) is 9.92. The zero-order valence-corrected chi connectivity index (χ0v) is 17.7. The Morgan fingerprint density at radius 1 is 1.07 bits per heavy atom. The van der Waals surface area contributed by atoms with Gasteiger partial charge in [-0.2, -0.15) is 0 Å². The SMILES string of the molecule is CC(CN1CCOCC1)N(Cc1ccccc1)Cc1cc(Cl)cc2c1OCOC2. The first-order valence-electron chi connectivity index (χ1n) is 10.3. The third kappa shape index (κ3) is 5.50. The van der Waals surface area contributed by atoms with Gasteiger partial charge in [0.05, 0.1) is 19.8 Å². The average Bonchev–Trinajstić information content (AvgIpc) is 2.74. The predicted octanol–water partition coefficient (Wildman–Crippen LogP) is 3.93. The van der Waals surface area contributed by atoms with Crippen molar-refractivity contribution in [2.24, 2.45) is 0 Å². The van der Waals surface area contributed by atoms with Gasteiger partial charge < -0.3 is 14.2 Å². The van der Waals surface area contributed by atoms with Crippen LogP contribution in [0.4, 0.5) is 0 Å². The lowest BCUT2D eigenvalue weighted by molar-refractivity contribution is -0.0178. The Hall–Kier alpha value is -1.63. The van der Waals surface area contributed by atoms with Crippen molar-refractivity contribution in [1.29, 1.82) is 0 Å². The van der Waals surface area contributed by atoms with Crippen LogP contribution < -0.4 is 4.74 Å². The van der Waals surface area contributed by atoms with Gasteiger partial charge in [0.25, 0.3) is 0 Å². The largest absolute Gasteiger partial charge is 0.467 e. The van der Waals surface area contributed by atoms with E-state index >= 15 is 0 Å². The molecule has 0 aromatic heterocycles. The minimum Gasteiger partial charge on any atom is -0.467 e. The van der Waals surface area contributed by atoms with Gasteiger partial charge in [-0.05, 0) is 24.6 Å². The van der Waals surface area contributed by atoms with E-state index in [1.807, 2.05) is 12.1 Å². The molecule has 5 nitrogen and oxygen atoms in total. The van der Waals surface area contributed by atoms with Crippen LogP contribution in [0.3, 0.4) is 0 Å². The fourth-order valence-electron chi connectivity index (χ4n) is 4.05. The molecular formula is C23H29ClN2O3. The van der Waals surface area contributed by atoms with Gasteiger partial charge in [0.1, 0.15) is 5.75 Å². The van der Waals surface area contributed by atoms with E-state index in [0.29, 0.717) is 19.4 Å². The number of hydrogen-bond acceptors (Lipinski definition) is 5. The minimum atomic E-state index is 0.295. The molecule has 0 aliphatic carbocycles. The molecule has 6 heteroatoms. The summed E-state index contributed by atoms with van der Waals surface area (Å²) in [6.45, 7) is 9.46. The van der Waals surface area contributed by atoms with E-state index in [1.54, 1.807) is 0 Å². The van der Waals surface area contributed by atoms with Gasteiger partial charge in [0, 0.05) is 54.9 Å². The maximum absolute atomic E-state index is 6.41. The monoisotopic (exact) mass is 416 g/mol. The van der Waals surface area contributed by atoms with Crippen molar-refractivity contribution in [3.63, 3.8) is 0 Å². The summed E-state index contributed by atoms with van der Waals surface area (Å²) in [6.07, 6.45) is 0. The Bertz CT molecular complexity index is 796. The average molecular weight is 417 g/mol. The van der Waals surface area contributed by atoms with Crippen molar-refractivity contribution >= 4 is 11.6 Å². The van der Waals surface area contributed by atoms with Crippen LogP contribution in [0.5, 0.6) is 5.75 Å². The van der Waals surface area contributed by atoms with Crippen molar-refractivity contribution in [3.8, 4) is 5.75 Å². The zero-order valence-electron chi connectivity index (χ0n) is 17.0. The van der Waals surface area contributed by atoms with Gasteiger partial charge in [-0.3, -0.25) is 9.80 Å². The van der Waals surface area contributed by atoms with Gasteiger partial charge >= 0.3 is 0 Å². The molecule has 0 bridgehead atoms. The number of halogens is 1. The molecule has 0 radical (unpaired) electrons. The number of nitrogens with zero attached hydrogens (tertiary/aromatic N) is 2. The summed E-state index contributed by atoms with van der Waals surface area (Å²) in [6, 6.07) is 15.0. The van der Waals surface area contributed by atoms with Gasteiger partial charge in [-0.1, -0.05) is 41.9 Å². The minimum absolute atomic E-state index is 0.295. The summed E-state index contributed by atoms with van der Waals surface area (Å²) < 4.78 is 16.8. The topological polar surface area (TPSA) is 34.2 Å². The first-order valence-corrected chi connectivity index (χ1v) is 10.7. The Labute approximate surface area is 178 Å². The molecule has 2 heterocycles. The van der Waals surface area contributed by atoms with E-state index in [9.17, 15) is 0 Å². The molecular weight excluding hydrogens is 388 g/mol. The second-order valence-electron chi connectivity index (χ2n) is 7.82. The number of ether oxygens (including phenoxy) is 3. The van der Waals surface area contributed by atoms with Crippen molar-refractivity contribution in [1.82, 2.24) is 9.80 Å². The Morgan fingerprint density at radius 3 is 2.66 bits per heavy atom. The summed E-state index contributed by atoms with van der Waals surface area (Å²) >= 11 is 6.41. The van der Waals surface area contributed by atoms with Crippen LogP contribution in [-0.4, -0.2) is 55.5 Å². The molecule has 0 spiro atoms. The molecule has 29 heavy (non-hydrogen) atoms. The standard InChI is InChI=1S/C23H29ClN2O3/c1-18(13-25-7-9-27-10-8-25)26(14-19-5-3-2-4-6-19)15-20-11-22(24)12-21-16-28-17-29-23(20)21/h2-6,11-12,18H,7-10,13-17H2,1H3. The maximum atomic E-state index is 6.41. The molecule has 2 aromatic carbocycles. The number of fused-ring (bicyclic) bond motifs is 1. The van der Waals surface area contributed by atoms with E-state index in [2.05, 4.69) is 47.1 Å². The van der Waals surface area contributed by atoms with Gasteiger partial charge in [-0.25, -0.2) is 0 Å². The molecule has 156 valence electrons. The van der Waals surface area contributed by atoms with Gasteiger partial charge in [0.2, 0.25) is 0 Å². The lowest BCUT2D eigenvalue weighted by Gasteiger charge is -2.35. The lowest BCUT2D eigenvalue weighted by Crippen LogP contribution is -2.45. The molecule has 0 amide bonds. The molecule has 2 aliphatic heterocycles. The third-order valence-electron chi connectivity index (χ3n) is 5.60. The molecule has 0 saturated carbocycles. The Balaban J connectivity index is 1.55. The fourth-order valence-corrected chi connectivity index (χ4v) is 4.31. The highest BCUT2D eigenvalue weighted by atomic mass is 35.5. The molecule has 1 fully saturated rings.